The number of nitrogens with one attached hydrogen (secondary N) is 1. The Labute approximate surface area is 151 Å². The van der Waals surface area contributed by atoms with E-state index in [0.29, 0.717) is 0 Å². The van der Waals surface area contributed by atoms with Crippen LogP contribution < -0.4 is 0 Å². The van der Waals surface area contributed by atoms with E-state index in [2.05, 4.69) is 77.3 Å². The molecular formula is C21H19N3S. The molecule has 0 atom stereocenters. The maximum absolute atomic E-state index is 4.69. The van der Waals surface area contributed by atoms with Gasteiger partial charge < -0.3 is 4.98 Å². The van der Waals surface area contributed by atoms with Gasteiger partial charge in [0.15, 0.2) is 5.16 Å². The van der Waals surface area contributed by atoms with Crippen LogP contribution in [-0.4, -0.2) is 15.0 Å². The first kappa shape index (κ1) is 15.9. The minimum Gasteiger partial charge on any atom is -0.333 e. The second-order valence-corrected chi connectivity index (χ2v) is 7.15. The topological polar surface area (TPSA) is 41.6 Å². The lowest BCUT2D eigenvalue weighted by Crippen LogP contribution is -1.88. The molecule has 2 heterocycles. The number of thioether (sulfide) groups is 1. The lowest BCUT2D eigenvalue weighted by atomic mass is 10.1. The summed E-state index contributed by atoms with van der Waals surface area (Å²) >= 11 is 1.69. The molecule has 0 aliphatic heterocycles. The minimum absolute atomic E-state index is 0.790. The maximum atomic E-state index is 4.69. The number of aromatic amines is 1. The molecule has 0 spiro atoms. The molecule has 4 rings (SSSR count). The molecule has 0 bridgehead atoms. The summed E-state index contributed by atoms with van der Waals surface area (Å²) in [6.07, 6.45) is 1.88. The third-order valence-electron chi connectivity index (χ3n) is 4.36. The Balaban J connectivity index is 1.53. The number of pyridine rings is 1. The van der Waals surface area contributed by atoms with E-state index in [-0.39, 0.29) is 0 Å². The van der Waals surface area contributed by atoms with Gasteiger partial charge in [-0.3, -0.25) is 4.98 Å². The molecule has 4 heteroatoms. The number of H-pyrrole nitrogens is 1. The van der Waals surface area contributed by atoms with Crippen molar-refractivity contribution in [2.75, 3.05) is 0 Å². The SMILES string of the molecule is Cc1cc2nc(SCc3cc(-c4ccccc4)ccn3)[nH]c2cc1C. The van der Waals surface area contributed by atoms with Crippen molar-refractivity contribution in [2.24, 2.45) is 0 Å². The molecule has 0 saturated carbocycles. The smallest absolute Gasteiger partial charge is 0.166 e. The van der Waals surface area contributed by atoms with Crippen LogP contribution in [0.25, 0.3) is 22.2 Å². The molecule has 0 aliphatic carbocycles. The molecule has 0 saturated heterocycles. The number of hydrogen-bond acceptors (Lipinski definition) is 3. The molecule has 0 unspecified atom stereocenters. The Morgan fingerprint density at radius 1 is 0.920 bits per heavy atom. The molecular weight excluding hydrogens is 326 g/mol. The van der Waals surface area contributed by atoms with Crippen LogP contribution in [0.3, 0.4) is 0 Å². The van der Waals surface area contributed by atoms with Crippen molar-refractivity contribution in [1.82, 2.24) is 15.0 Å². The summed E-state index contributed by atoms with van der Waals surface area (Å²) in [6, 6.07) is 18.9. The number of hydrogen-bond donors (Lipinski definition) is 1. The highest BCUT2D eigenvalue weighted by molar-refractivity contribution is 7.98. The van der Waals surface area contributed by atoms with E-state index in [1.165, 1.54) is 22.3 Å². The van der Waals surface area contributed by atoms with Gasteiger partial charge in [0.25, 0.3) is 0 Å². The predicted octanol–water partition coefficient (Wildman–Crippen LogP) is 5.53. The van der Waals surface area contributed by atoms with Crippen molar-refractivity contribution in [3.05, 3.63) is 77.6 Å². The number of aromatic nitrogens is 3. The van der Waals surface area contributed by atoms with Crippen LogP contribution in [-0.2, 0) is 5.75 Å². The lowest BCUT2D eigenvalue weighted by molar-refractivity contribution is 1.07. The third-order valence-corrected chi connectivity index (χ3v) is 5.26. The molecule has 124 valence electrons. The highest BCUT2D eigenvalue weighted by atomic mass is 32.2. The lowest BCUT2D eigenvalue weighted by Gasteiger charge is -2.04. The first-order chi connectivity index (χ1) is 12.2. The highest BCUT2D eigenvalue weighted by Gasteiger charge is 2.07. The average Bonchev–Trinajstić information content (AvgIpc) is 3.03. The highest BCUT2D eigenvalue weighted by Crippen LogP contribution is 2.26. The zero-order valence-electron chi connectivity index (χ0n) is 14.3. The van der Waals surface area contributed by atoms with Gasteiger partial charge >= 0.3 is 0 Å². The monoisotopic (exact) mass is 345 g/mol. The fourth-order valence-corrected chi connectivity index (χ4v) is 3.61. The van der Waals surface area contributed by atoms with Crippen molar-refractivity contribution >= 4 is 22.8 Å². The van der Waals surface area contributed by atoms with Crippen LogP contribution in [0.4, 0.5) is 0 Å². The van der Waals surface area contributed by atoms with Crippen molar-refractivity contribution in [3.63, 3.8) is 0 Å². The van der Waals surface area contributed by atoms with Crippen molar-refractivity contribution in [1.29, 1.82) is 0 Å². The van der Waals surface area contributed by atoms with Gasteiger partial charge in [-0.15, -0.1) is 0 Å². The quantitative estimate of drug-likeness (QED) is 0.494. The number of nitrogens with zero attached hydrogens (tertiary/aromatic N) is 2. The van der Waals surface area contributed by atoms with Crippen LogP contribution >= 0.6 is 11.8 Å². The van der Waals surface area contributed by atoms with E-state index in [1.807, 2.05) is 12.3 Å². The number of aryl methyl sites for hydroxylation is 2. The zero-order valence-corrected chi connectivity index (χ0v) is 15.1. The Morgan fingerprint density at radius 2 is 1.72 bits per heavy atom. The fourth-order valence-electron chi connectivity index (χ4n) is 2.82. The van der Waals surface area contributed by atoms with E-state index >= 15 is 0 Å². The molecule has 2 aromatic heterocycles. The summed E-state index contributed by atoms with van der Waals surface area (Å²) in [6.45, 7) is 4.25. The summed E-state index contributed by atoms with van der Waals surface area (Å²) in [7, 11) is 0. The molecule has 4 aromatic rings. The Hall–Kier alpha value is -2.59. The van der Waals surface area contributed by atoms with Gasteiger partial charge in [0.2, 0.25) is 0 Å². The maximum Gasteiger partial charge on any atom is 0.166 e. The van der Waals surface area contributed by atoms with Crippen molar-refractivity contribution in [2.45, 2.75) is 24.8 Å². The minimum atomic E-state index is 0.790. The Kier molecular flexibility index (Phi) is 4.28. The summed E-state index contributed by atoms with van der Waals surface area (Å²) in [5.41, 5.74) is 8.14. The third kappa shape index (κ3) is 3.44. The predicted molar refractivity (Wildman–Crippen MR) is 105 cm³/mol. The summed E-state index contributed by atoms with van der Waals surface area (Å²) in [4.78, 5) is 12.6. The van der Waals surface area contributed by atoms with E-state index in [1.54, 1.807) is 11.8 Å². The number of rotatable bonds is 4. The van der Waals surface area contributed by atoms with Crippen LogP contribution in [0, 0.1) is 13.8 Å². The molecule has 0 fully saturated rings. The second-order valence-electron chi connectivity index (χ2n) is 6.19. The number of imidazole rings is 1. The number of fused-ring (bicyclic) bond motifs is 1. The van der Waals surface area contributed by atoms with Gasteiger partial charge in [0.1, 0.15) is 0 Å². The molecule has 2 aromatic carbocycles. The first-order valence-corrected chi connectivity index (χ1v) is 9.28. The summed E-state index contributed by atoms with van der Waals surface area (Å²) in [5, 5.41) is 0.937. The second kappa shape index (κ2) is 6.73. The van der Waals surface area contributed by atoms with E-state index < -0.39 is 0 Å². The normalized spacial score (nSPS) is 11.1. The molecule has 0 amide bonds. The van der Waals surface area contributed by atoms with Gasteiger partial charge in [-0.2, -0.15) is 0 Å². The van der Waals surface area contributed by atoms with E-state index in [9.17, 15) is 0 Å². The molecule has 1 N–H and O–H groups in total. The van der Waals surface area contributed by atoms with Crippen LogP contribution in [0.1, 0.15) is 16.8 Å². The molecule has 3 nitrogen and oxygen atoms in total. The average molecular weight is 345 g/mol. The van der Waals surface area contributed by atoms with Crippen LogP contribution in [0.15, 0.2) is 66.0 Å². The summed E-state index contributed by atoms with van der Waals surface area (Å²) in [5.74, 6) is 0.790. The summed E-state index contributed by atoms with van der Waals surface area (Å²) < 4.78 is 0. The van der Waals surface area contributed by atoms with Gasteiger partial charge in [-0.05, 0) is 60.4 Å². The van der Waals surface area contributed by atoms with E-state index in [4.69, 9.17) is 0 Å². The fraction of sp³-hybridized carbons (Fsp3) is 0.143. The van der Waals surface area contributed by atoms with Crippen LogP contribution in [0.2, 0.25) is 0 Å². The van der Waals surface area contributed by atoms with E-state index in [0.717, 1.165) is 27.6 Å². The van der Waals surface area contributed by atoms with Crippen molar-refractivity contribution in [3.8, 4) is 11.1 Å². The zero-order chi connectivity index (χ0) is 17.2. The molecule has 0 aliphatic rings. The Bertz CT molecular complexity index is 983. The largest absolute Gasteiger partial charge is 0.333 e. The Morgan fingerprint density at radius 3 is 2.56 bits per heavy atom. The van der Waals surface area contributed by atoms with Crippen molar-refractivity contribution < 1.29 is 0 Å². The van der Waals surface area contributed by atoms with Crippen LogP contribution in [0.5, 0.6) is 0 Å². The van der Waals surface area contributed by atoms with Gasteiger partial charge in [-0.25, -0.2) is 4.98 Å². The first-order valence-electron chi connectivity index (χ1n) is 8.29. The van der Waals surface area contributed by atoms with Gasteiger partial charge in [0.05, 0.1) is 16.7 Å². The molecule has 25 heavy (non-hydrogen) atoms. The van der Waals surface area contributed by atoms with Gasteiger partial charge in [0, 0.05) is 11.9 Å². The molecule has 0 radical (unpaired) electrons. The van der Waals surface area contributed by atoms with Gasteiger partial charge in [-0.1, -0.05) is 42.1 Å². The number of benzene rings is 2. The standard InChI is InChI=1S/C21H19N3S/c1-14-10-19-20(11-15(14)2)24-21(23-19)25-13-18-12-17(8-9-22-18)16-6-4-3-5-7-16/h3-12H,13H2,1-2H3,(H,23,24).